The molecule has 0 radical (unpaired) electrons. The number of benzene rings is 3. The van der Waals surface area contributed by atoms with Crippen LogP contribution in [0.25, 0.3) is 0 Å². The Labute approximate surface area is 205 Å². The van der Waals surface area contributed by atoms with Crippen LogP contribution < -0.4 is 10.6 Å². The first-order valence-electron chi connectivity index (χ1n) is 10.6. The molecule has 9 heteroatoms. The van der Waals surface area contributed by atoms with Crippen LogP contribution >= 0.6 is 11.8 Å². The van der Waals surface area contributed by atoms with E-state index >= 15 is 0 Å². The summed E-state index contributed by atoms with van der Waals surface area (Å²) in [5.41, 5.74) is 2.31. The van der Waals surface area contributed by atoms with Crippen molar-refractivity contribution in [3.8, 4) is 0 Å². The third-order valence-electron chi connectivity index (χ3n) is 5.12. The monoisotopic (exact) mass is 487 g/mol. The summed E-state index contributed by atoms with van der Waals surface area (Å²) in [5, 5.41) is 16.2. The highest BCUT2D eigenvalue weighted by Crippen LogP contribution is 2.37. The molecule has 1 atom stereocenters. The van der Waals surface area contributed by atoms with E-state index < -0.39 is 10.2 Å². The number of nitro benzene ring substituents is 1. The standard InChI is InChI=1S/C26H21N3O5S/c1-17-12-13-20(29(32)33)16-22(17)28-26(31)24(18-7-3-2-4-8-18)35-21-10-5-9-19(15-21)27-25(30)23-11-6-14-34-23/h2-16,24H,1H3,(H,27,30)(H,28,31). The first-order chi connectivity index (χ1) is 16.9. The van der Waals surface area contributed by atoms with Crippen LogP contribution in [0.5, 0.6) is 0 Å². The van der Waals surface area contributed by atoms with E-state index in [-0.39, 0.29) is 23.3 Å². The fourth-order valence-electron chi connectivity index (χ4n) is 3.34. The van der Waals surface area contributed by atoms with Crippen LogP contribution in [0.15, 0.2) is 101 Å². The Bertz CT molecular complexity index is 1360. The van der Waals surface area contributed by atoms with Gasteiger partial charge in [-0.15, -0.1) is 11.8 Å². The minimum atomic E-state index is -0.647. The fourth-order valence-corrected chi connectivity index (χ4v) is 4.42. The lowest BCUT2D eigenvalue weighted by atomic mass is 10.1. The fraction of sp³-hybridized carbons (Fsp3) is 0.0769. The van der Waals surface area contributed by atoms with E-state index in [0.29, 0.717) is 16.9 Å². The maximum Gasteiger partial charge on any atom is 0.291 e. The van der Waals surface area contributed by atoms with E-state index in [2.05, 4.69) is 10.6 Å². The highest BCUT2D eigenvalue weighted by molar-refractivity contribution is 8.00. The average Bonchev–Trinajstić information content (AvgIpc) is 3.40. The molecule has 1 aromatic heterocycles. The number of aryl methyl sites for hydroxylation is 1. The molecule has 0 aliphatic heterocycles. The molecule has 0 saturated heterocycles. The molecule has 176 valence electrons. The summed E-state index contributed by atoms with van der Waals surface area (Å²) in [6, 6.07) is 23.9. The van der Waals surface area contributed by atoms with E-state index in [4.69, 9.17) is 4.42 Å². The second-order valence-corrected chi connectivity index (χ2v) is 8.79. The van der Waals surface area contributed by atoms with E-state index in [1.807, 2.05) is 36.4 Å². The molecule has 1 heterocycles. The molecule has 0 aliphatic rings. The maximum atomic E-state index is 13.4. The molecule has 0 bridgehead atoms. The Morgan fingerprint density at radius 2 is 1.74 bits per heavy atom. The Kier molecular flexibility index (Phi) is 7.27. The molecule has 35 heavy (non-hydrogen) atoms. The lowest BCUT2D eigenvalue weighted by Crippen LogP contribution is -2.19. The van der Waals surface area contributed by atoms with Crippen LogP contribution in [0, 0.1) is 17.0 Å². The van der Waals surface area contributed by atoms with Crippen molar-refractivity contribution in [2.45, 2.75) is 17.1 Å². The largest absolute Gasteiger partial charge is 0.459 e. The van der Waals surface area contributed by atoms with Gasteiger partial charge in [-0.2, -0.15) is 0 Å². The molecule has 0 saturated carbocycles. The van der Waals surface area contributed by atoms with Crippen LogP contribution in [0.4, 0.5) is 17.1 Å². The van der Waals surface area contributed by atoms with Gasteiger partial charge in [-0.3, -0.25) is 19.7 Å². The minimum absolute atomic E-state index is 0.102. The summed E-state index contributed by atoms with van der Waals surface area (Å²) < 4.78 is 5.13. The van der Waals surface area contributed by atoms with Crippen molar-refractivity contribution < 1.29 is 18.9 Å². The van der Waals surface area contributed by atoms with Gasteiger partial charge in [0.2, 0.25) is 5.91 Å². The van der Waals surface area contributed by atoms with Gasteiger partial charge in [0.15, 0.2) is 5.76 Å². The topological polar surface area (TPSA) is 114 Å². The van der Waals surface area contributed by atoms with Gasteiger partial charge in [0.1, 0.15) is 5.25 Å². The Balaban J connectivity index is 1.58. The number of nitrogens with one attached hydrogen (secondary N) is 2. The van der Waals surface area contributed by atoms with Crippen molar-refractivity contribution in [3.05, 3.63) is 118 Å². The minimum Gasteiger partial charge on any atom is -0.459 e. The van der Waals surface area contributed by atoms with Gasteiger partial charge < -0.3 is 15.1 Å². The number of carbonyl (C=O) groups excluding carboxylic acids is 2. The number of anilines is 2. The molecule has 0 fully saturated rings. The first kappa shape index (κ1) is 23.8. The molecular formula is C26H21N3O5S. The number of hydrogen-bond acceptors (Lipinski definition) is 6. The lowest BCUT2D eigenvalue weighted by molar-refractivity contribution is -0.384. The second kappa shape index (κ2) is 10.7. The smallest absolute Gasteiger partial charge is 0.291 e. The molecule has 3 aromatic carbocycles. The SMILES string of the molecule is Cc1ccc([N+](=O)[O-])cc1NC(=O)C(Sc1cccc(NC(=O)c2ccco2)c1)c1ccccc1. The summed E-state index contributed by atoms with van der Waals surface area (Å²) in [6.07, 6.45) is 1.42. The van der Waals surface area contributed by atoms with E-state index in [9.17, 15) is 19.7 Å². The molecule has 4 aromatic rings. The number of nitrogens with zero attached hydrogens (tertiary/aromatic N) is 1. The van der Waals surface area contributed by atoms with Crippen molar-refractivity contribution in [2.75, 3.05) is 10.6 Å². The maximum absolute atomic E-state index is 13.4. The summed E-state index contributed by atoms with van der Waals surface area (Å²) in [6.45, 7) is 1.77. The Hall–Kier alpha value is -4.37. The highest BCUT2D eigenvalue weighted by atomic mass is 32.2. The Morgan fingerprint density at radius 3 is 2.46 bits per heavy atom. The van der Waals surface area contributed by atoms with E-state index in [1.165, 1.54) is 30.2 Å². The third-order valence-corrected chi connectivity index (χ3v) is 6.37. The molecule has 4 rings (SSSR count). The van der Waals surface area contributed by atoms with Crippen molar-refractivity contribution in [1.82, 2.24) is 0 Å². The van der Waals surface area contributed by atoms with Crippen LogP contribution in [-0.4, -0.2) is 16.7 Å². The zero-order valence-corrected chi connectivity index (χ0v) is 19.5. The van der Waals surface area contributed by atoms with Crippen LogP contribution in [0.1, 0.15) is 26.9 Å². The summed E-state index contributed by atoms with van der Waals surface area (Å²) in [4.78, 5) is 37.1. The summed E-state index contributed by atoms with van der Waals surface area (Å²) in [5.74, 6) is -0.512. The molecule has 2 amide bonds. The van der Waals surface area contributed by atoms with Crippen molar-refractivity contribution in [2.24, 2.45) is 0 Å². The van der Waals surface area contributed by atoms with Gasteiger partial charge in [0, 0.05) is 22.7 Å². The number of thioether (sulfide) groups is 1. The second-order valence-electron chi connectivity index (χ2n) is 7.61. The van der Waals surface area contributed by atoms with Gasteiger partial charge in [0.05, 0.1) is 16.9 Å². The zero-order valence-electron chi connectivity index (χ0n) is 18.6. The first-order valence-corrected chi connectivity index (χ1v) is 11.5. The molecule has 2 N–H and O–H groups in total. The van der Waals surface area contributed by atoms with Crippen molar-refractivity contribution >= 4 is 40.6 Å². The number of hydrogen-bond donors (Lipinski definition) is 2. The summed E-state index contributed by atoms with van der Waals surface area (Å²) >= 11 is 1.30. The van der Waals surface area contributed by atoms with Gasteiger partial charge in [0.25, 0.3) is 11.6 Å². The number of carbonyl (C=O) groups is 2. The molecule has 0 aliphatic carbocycles. The molecule has 8 nitrogen and oxygen atoms in total. The average molecular weight is 488 g/mol. The molecular weight excluding hydrogens is 466 g/mol. The predicted octanol–water partition coefficient (Wildman–Crippen LogP) is 6.22. The normalized spacial score (nSPS) is 11.5. The highest BCUT2D eigenvalue weighted by Gasteiger charge is 2.24. The number of nitro groups is 1. The van der Waals surface area contributed by atoms with Gasteiger partial charge in [-0.05, 0) is 48.4 Å². The van der Waals surface area contributed by atoms with E-state index in [1.54, 1.807) is 43.3 Å². The van der Waals surface area contributed by atoms with Crippen molar-refractivity contribution in [1.29, 1.82) is 0 Å². The zero-order chi connectivity index (χ0) is 24.8. The summed E-state index contributed by atoms with van der Waals surface area (Å²) in [7, 11) is 0. The third kappa shape index (κ3) is 5.96. The van der Waals surface area contributed by atoms with Crippen LogP contribution in [0.2, 0.25) is 0 Å². The van der Waals surface area contributed by atoms with Gasteiger partial charge in [-0.25, -0.2) is 0 Å². The van der Waals surface area contributed by atoms with Crippen LogP contribution in [0.3, 0.4) is 0 Å². The number of furan rings is 1. The number of rotatable bonds is 8. The van der Waals surface area contributed by atoms with E-state index in [0.717, 1.165) is 10.5 Å². The molecule has 1 unspecified atom stereocenters. The quantitative estimate of drug-likeness (QED) is 0.173. The molecule has 0 spiro atoms. The number of non-ortho nitro benzene ring substituents is 1. The van der Waals surface area contributed by atoms with Crippen LogP contribution in [-0.2, 0) is 4.79 Å². The predicted molar refractivity (Wildman–Crippen MR) is 135 cm³/mol. The van der Waals surface area contributed by atoms with Gasteiger partial charge >= 0.3 is 0 Å². The number of amides is 2. The lowest BCUT2D eigenvalue weighted by Gasteiger charge is -2.18. The van der Waals surface area contributed by atoms with Gasteiger partial charge in [-0.1, -0.05) is 42.5 Å². The van der Waals surface area contributed by atoms with Crippen molar-refractivity contribution in [3.63, 3.8) is 0 Å². The Morgan fingerprint density at radius 1 is 0.943 bits per heavy atom.